The first-order chi connectivity index (χ1) is 9.20. The summed E-state index contributed by atoms with van der Waals surface area (Å²) >= 11 is 3.23. The first-order valence-electron chi connectivity index (χ1n) is 5.92. The molecule has 1 aromatic carbocycles. The lowest BCUT2D eigenvalue weighted by Crippen LogP contribution is -1.86. The SMILES string of the molecule is CCCCSc1nnc(-c2ccc([N+](=O)[O-])cc2)s1. The van der Waals surface area contributed by atoms with Crippen LogP contribution < -0.4 is 0 Å². The maximum Gasteiger partial charge on any atom is 0.269 e. The summed E-state index contributed by atoms with van der Waals surface area (Å²) in [7, 11) is 0. The number of hydrogen-bond acceptors (Lipinski definition) is 6. The zero-order valence-electron chi connectivity index (χ0n) is 10.4. The number of benzene rings is 1. The minimum Gasteiger partial charge on any atom is -0.258 e. The van der Waals surface area contributed by atoms with Crippen LogP contribution in [0.3, 0.4) is 0 Å². The fourth-order valence-corrected chi connectivity index (χ4v) is 3.43. The second-order valence-electron chi connectivity index (χ2n) is 3.88. The predicted octanol–water partition coefficient (Wildman–Crippen LogP) is 4.01. The highest BCUT2D eigenvalue weighted by Crippen LogP contribution is 2.30. The Hall–Kier alpha value is -1.47. The van der Waals surface area contributed by atoms with Gasteiger partial charge in [0.05, 0.1) is 4.92 Å². The molecule has 2 aromatic rings. The summed E-state index contributed by atoms with van der Waals surface area (Å²) in [5.74, 6) is 1.05. The van der Waals surface area contributed by atoms with E-state index in [1.165, 1.54) is 29.9 Å². The van der Waals surface area contributed by atoms with Crippen LogP contribution in [0, 0.1) is 10.1 Å². The van der Waals surface area contributed by atoms with Gasteiger partial charge in [-0.05, 0) is 18.6 Å². The average molecular weight is 295 g/mol. The Kier molecular flexibility index (Phi) is 4.86. The first kappa shape index (κ1) is 14.0. The number of rotatable bonds is 6. The third-order valence-corrected chi connectivity index (χ3v) is 4.65. The van der Waals surface area contributed by atoms with Crippen molar-refractivity contribution >= 4 is 28.8 Å². The second-order valence-corrected chi connectivity index (χ2v) is 6.20. The Labute approximate surface area is 119 Å². The molecule has 19 heavy (non-hydrogen) atoms. The van der Waals surface area contributed by atoms with Crippen LogP contribution in [-0.2, 0) is 0 Å². The van der Waals surface area contributed by atoms with Gasteiger partial charge in [-0.15, -0.1) is 10.2 Å². The van der Waals surface area contributed by atoms with Crippen molar-refractivity contribution in [1.82, 2.24) is 10.2 Å². The molecule has 1 heterocycles. The standard InChI is InChI=1S/C12H13N3O2S2/c1-2-3-8-18-12-14-13-11(19-12)9-4-6-10(7-5-9)15(16)17/h4-7H,2-3,8H2,1H3. The van der Waals surface area contributed by atoms with Crippen molar-refractivity contribution < 1.29 is 4.92 Å². The quantitative estimate of drug-likeness (QED) is 0.348. The molecule has 0 amide bonds. The summed E-state index contributed by atoms with van der Waals surface area (Å²) < 4.78 is 0.946. The zero-order valence-corrected chi connectivity index (χ0v) is 12.0. The molecule has 0 aliphatic rings. The van der Waals surface area contributed by atoms with Gasteiger partial charge in [0, 0.05) is 23.4 Å². The van der Waals surface area contributed by atoms with Crippen molar-refractivity contribution in [1.29, 1.82) is 0 Å². The van der Waals surface area contributed by atoms with E-state index in [1.807, 2.05) is 0 Å². The van der Waals surface area contributed by atoms with E-state index in [0.717, 1.165) is 27.1 Å². The monoisotopic (exact) mass is 295 g/mol. The highest BCUT2D eigenvalue weighted by molar-refractivity contribution is 8.01. The van der Waals surface area contributed by atoms with Crippen molar-refractivity contribution in [3.8, 4) is 10.6 Å². The number of non-ortho nitro benzene ring substituents is 1. The third-order valence-electron chi connectivity index (χ3n) is 2.45. The second kappa shape index (κ2) is 6.63. The Balaban J connectivity index is 2.07. The molecule has 0 bridgehead atoms. The lowest BCUT2D eigenvalue weighted by molar-refractivity contribution is -0.384. The fraction of sp³-hybridized carbons (Fsp3) is 0.333. The molecule has 2 rings (SSSR count). The molecule has 0 atom stereocenters. The van der Waals surface area contributed by atoms with Gasteiger partial charge in [-0.25, -0.2) is 0 Å². The van der Waals surface area contributed by atoms with Crippen LogP contribution in [0.4, 0.5) is 5.69 Å². The summed E-state index contributed by atoms with van der Waals surface area (Å²) in [5, 5.41) is 19.6. The number of nitrogens with zero attached hydrogens (tertiary/aromatic N) is 3. The van der Waals surface area contributed by atoms with Crippen LogP contribution in [-0.4, -0.2) is 20.9 Å². The van der Waals surface area contributed by atoms with Gasteiger partial charge >= 0.3 is 0 Å². The molecule has 0 saturated heterocycles. The molecular weight excluding hydrogens is 282 g/mol. The molecule has 0 spiro atoms. The van der Waals surface area contributed by atoms with Gasteiger partial charge in [0.25, 0.3) is 5.69 Å². The van der Waals surface area contributed by atoms with E-state index in [9.17, 15) is 10.1 Å². The minimum absolute atomic E-state index is 0.0887. The van der Waals surface area contributed by atoms with Gasteiger partial charge < -0.3 is 0 Å². The molecule has 0 aliphatic carbocycles. The smallest absolute Gasteiger partial charge is 0.258 e. The summed E-state index contributed by atoms with van der Waals surface area (Å²) in [6, 6.07) is 6.39. The van der Waals surface area contributed by atoms with Crippen molar-refractivity contribution in [3.63, 3.8) is 0 Å². The number of aromatic nitrogens is 2. The number of unbranched alkanes of at least 4 members (excludes halogenated alkanes) is 1. The Morgan fingerprint density at radius 2 is 2.05 bits per heavy atom. The van der Waals surface area contributed by atoms with Crippen molar-refractivity contribution in [3.05, 3.63) is 34.4 Å². The Morgan fingerprint density at radius 3 is 2.68 bits per heavy atom. The number of nitro groups is 1. The molecule has 5 nitrogen and oxygen atoms in total. The minimum atomic E-state index is -0.407. The van der Waals surface area contributed by atoms with Crippen molar-refractivity contribution in [2.45, 2.75) is 24.1 Å². The first-order valence-corrected chi connectivity index (χ1v) is 7.72. The Morgan fingerprint density at radius 1 is 1.32 bits per heavy atom. The van der Waals surface area contributed by atoms with Gasteiger partial charge in [0.2, 0.25) is 0 Å². The summed E-state index contributed by atoms with van der Waals surface area (Å²) in [6.07, 6.45) is 2.33. The van der Waals surface area contributed by atoms with Gasteiger partial charge in [0.15, 0.2) is 4.34 Å². The summed E-state index contributed by atoms with van der Waals surface area (Å²) in [5.41, 5.74) is 0.955. The molecule has 1 aromatic heterocycles. The van der Waals surface area contributed by atoms with Crippen LogP contribution in [0.1, 0.15) is 19.8 Å². The summed E-state index contributed by atoms with van der Waals surface area (Å²) in [6.45, 7) is 2.16. The highest BCUT2D eigenvalue weighted by atomic mass is 32.2. The van der Waals surface area contributed by atoms with Gasteiger partial charge in [-0.1, -0.05) is 36.4 Å². The van der Waals surface area contributed by atoms with E-state index < -0.39 is 4.92 Å². The average Bonchev–Trinajstić information content (AvgIpc) is 2.88. The molecular formula is C12H13N3O2S2. The van der Waals surface area contributed by atoms with Crippen molar-refractivity contribution in [2.24, 2.45) is 0 Å². The van der Waals surface area contributed by atoms with Crippen LogP contribution in [0.25, 0.3) is 10.6 Å². The van der Waals surface area contributed by atoms with Gasteiger partial charge in [-0.2, -0.15) is 0 Å². The zero-order chi connectivity index (χ0) is 13.7. The lowest BCUT2D eigenvalue weighted by Gasteiger charge is -1.94. The van der Waals surface area contributed by atoms with Crippen LogP contribution in [0.5, 0.6) is 0 Å². The van der Waals surface area contributed by atoms with Crippen LogP contribution in [0.15, 0.2) is 28.6 Å². The molecule has 100 valence electrons. The molecule has 0 saturated carbocycles. The molecule has 0 N–H and O–H groups in total. The largest absolute Gasteiger partial charge is 0.269 e. The Bertz CT molecular complexity index is 554. The predicted molar refractivity (Wildman–Crippen MR) is 77.6 cm³/mol. The highest BCUT2D eigenvalue weighted by Gasteiger charge is 2.09. The van der Waals surface area contributed by atoms with E-state index in [-0.39, 0.29) is 5.69 Å². The van der Waals surface area contributed by atoms with Crippen LogP contribution >= 0.6 is 23.1 Å². The maximum absolute atomic E-state index is 10.6. The third kappa shape index (κ3) is 3.74. The molecule has 0 aliphatic heterocycles. The summed E-state index contributed by atoms with van der Waals surface area (Å²) in [4.78, 5) is 10.2. The van der Waals surface area contributed by atoms with E-state index in [1.54, 1.807) is 23.9 Å². The van der Waals surface area contributed by atoms with E-state index in [0.29, 0.717) is 0 Å². The van der Waals surface area contributed by atoms with E-state index in [4.69, 9.17) is 0 Å². The molecule has 7 heteroatoms. The van der Waals surface area contributed by atoms with Gasteiger partial charge in [-0.3, -0.25) is 10.1 Å². The number of hydrogen-bond donors (Lipinski definition) is 0. The van der Waals surface area contributed by atoms with E-state index in [2.05, 4.69) is 17.1 Å². The fourth-order valence-electron chi connectivity index (χ4n) is 1.41. The molecule has 0 radical (unpaired) electrons. The molecule has 0 unspecified atom stereocenters. The topological polar surface area (TPSA) is 68.9 Å². The lowest BCUT2D eigenvalue weighted by atomic mass is 10.2. The maximum atomic E-state index is 10.6. The number of thioether (sulfide) groups is 1. The van der Waals surface area contributed by atoms with Gasteiger partial charge in [0.1, 0.15) is 5.01 Å². The van der Waals surface area contributed by atoms with E-state index >= 15 is 0 Å². The normalized spacial score (nSPS) is 10.6. The van der Waals surface area contributed by atoms with Crippen molar-refractivity contribution in [2.75, 3.05) is 5.75 Å². The number of nitro benzene ring substituents is 1. The molecule has 0 fully saturated rings. The van der Waals surface area contributed by atoms with Crippen LogP contribution in [0.2, 0.25) is 0 Å².